The van der Waals surface area contributed by atoms with Crippen molar-refractivity contribution in [2.75, 3.05) is 4.90 Å². The molecule has 0 saturated carbocycles. The summed E-state index contributed by atoms with van der Waals surface area (Å²) in [6.07, 6.45) is 2.54. The fraction of sp³-hybridized carbons (Fsp3) is 0.125. The van der Waals surface area contributed by atoms with Crippen molar-refractivity contribution >= 4 is 40.7 Å². The number of carboxylic acids is 1. The highest BCUT2D eigenvalue weighted by Gasteiger charge is 2.39. The molecule has 0 bridgehead atoms. The summed E-state index contributed by atoms with van der Waals surface area (Å²) in [4.78, 5) is 24.7. The number of carboxylic acid groups (broad SMARTS) is 1. The van der Waals surface area contributed by atoms with Gasteiger partial charge in [-0.05, 0) is 24.3 Å². The third kappa shape index (κ3) is 3.54. The van der Waals surface area contributed by atoms with Crippen LogP contribution in [0.3, 0.4) is 0 Å². The van der Waals surface area contributed by atoms with E-state index in [0.29, 0.717) is 16.6 Å². The fourth-order valence-electron chi connectivity index (χ4n) is 2.13. The van der Waals surface area contributed by atoms with Gasteiger partial charge in [-0.2, -0.15) is 5.10 Å². The molecule has 7 nitrogen and oxygen atoms in total. The Kier molecular flexibility index (Phi) is 4.76. The predicted molar refractivity (Wildman–Crippen MR) is 88.7 cm³/mol. The zero-order valence-electron chi connectivity index (χ0n) is 12.4. The van der Waals surface area contributed by atoms with E-state index in [4.69, 9.17) is 4.42 Å². The van der Waals surface area contributed by atoms with Crippen LogP contribution in [0.2, 0.25) is 0 Å². The van der Waals surface area contributed by atoms with Crippen molar-refractivity contribution < 1.29 is 19.1 Å². The minimum absolute atomic E-state index is 0.306. The molecule has 1 amide bonds. The number of hydrogen-bond donors (Lipinski definition) is 0. The van der Waals surface area contributed by atoms with Gasteiger partial charge in [0.25, 0.3) is 0 Å². The van der Waals surface area contributed by atoms with Crippen LogP contribution < -0.4 is 10.0 Å². The maximum atomic E-state index is 12.5. The van der Waals surface area contributed by atoms with Crippen molar-refractivity contribution in [1.82, 2.24) is 0 Å². The number of anilines is 1. The van der Waals surface area contributed by atoms with Crippen LogP contribution in [0.1, 0.15) is 12.2 Å². The van der Waals surface area contributed by atoms with Gasteiger partial charge in [0.15, 0.2) is 5.17 Å². The van der Waals surface area contributed by atoms with Crippen LogP contribution in [-0.2, 0) is 9.59 Å². The second-order valence-corrected chi connectivity index (χ2v) is 6.00. The van der Waals surface area contributed by atoms with Crippen molar-refractivity contribution in [3.63, 3.8) is 0 Å². The van der Waals surface area contributed by atoms with Crippen molar-refractivity contribution in [2.45, 2.75) is 11.7 Å². The Morgan fingerprint density at radius 3 is 2.75 bits per heavy atom. The van der Waals surface area contributed by atoms with Gasteiger partial charge in [0.05, 0.1) is 23.4 Å². The number of carbonyl (C=O) groups excluding carboxylic acids is 2. The molecule has 1 fully saturated rings. The lowest BCUT2D eigenvalue weighted by atomic mass is 10.2. The van der Waals surface area contributed by atoms with E-state index in [-0.39, 0.29) is 12.3 Å². The van der Waals surface area contributed by atoms with Crippen LogP contribution in [0, 0.1) is 0 Å². The second kappa shape index (κ2) is 7.14. The van der Waals surface area contributed by atoms with Crippen molar-refractivity contribution in [3.05, 3.63) is 54.5 Å². The van der Waals surface area contributed by atoms with Crippen molar-refractivity contribution in [2.24, 2.45) is 10.2 Å². The molecule has 122 valence electrons. The predicted octanol–water partition coefficient (Wildman–Crippen LogP) is 1.26. The van der Waals surface area contributed by atoms with Gasteiger partial charge in [-0.25, -0.2) is 0 Å². The molecular formula is C16H12N3O4S-. The van der Waals surface area contributed by atoms with Crippen LogP contribution >= 0.6 is 11.8 Å². The minimum atomic E-state index is -1.28. The fourth-order valence-corrected chi connectivity index (χ4v) is 3.21. The van der Waals surface area contributed by atoms with Gasteiger partial charge >= 0.3 is 0 Å². The molecule has 1 saturated heterocycles. The number of furan rings is 1. The maximum absolute atomic E-state index is 12.5. The number of rotatable bonds is 5. The second-order valence-electron chi connectivity index (χ2n) is 4.83. The standard InChI is InChI=1S/C16H13N3O4S/c20-14(21)9-13-15(22)19(11-5-2-1-3-6-11)16(24-13)18-17-10-12-7-4-8-23-12/h1-8,10,13H,9H2,(H,20,21)/p-1/b17-10-,18-16-/t13-/m0/s1. The monoisotopic (exact) mass is 342 g/mol. The zero-order chi connectivity index (χ0) is 16.9. The summed E-state index contributed by atoms with van der Waals surface area (Å²) in [5, 5.41) is 18.3. The van der Waals surface area contributed by atoms with Gasteiger partial charge < -0.3 is 14.3 Å². The van der Waals surface area contributed by atoms with Gasteiger partial charge in [0.2, 0.25) is 5.91 Å². The highest BCUT2D eigenvalue weighted by Crippen LogP contribution is 2.33. The van der Waals surface area contributed by atoms with E-state index in [2.05, 4.69) is 10.2 Å². The highest BCUT2D eigenvalue weighted by molar-refractivity contribution is 8.16. The Bertz CT molecular complexity index is 787. The number of amidine groups is 1. The smallest absolute Gasteiger partial charge is 0.247 e. The number of aliphatic carboxylic acids is 1. The molecule has 3 rings (SSSR count). The average molecular weight is 342 g/mol. The van der Waals surface area contributed by atoms with Gasteiger partial charge in [-0.1, -0.05) is 30.0 Å². The van der Waals surface area contributed by atoms with Gasteiger partial charge in [-0.15, -0.1) is 5.10 Å². The highest BCUT2D eigenvalue weighted by atomic mass is 32.2. The molecule has 2 aromatic rings. The summed E-state index contributed by atoms with van der Waals surface area (Å²) in [7, 11) is 0. The molecule has 1 aromatic heterocycles. The molecule has 1 aliphatic rings. The molecular weight excluding hydrogens is 330 g/mol. The SMILES string of the molecule is O=C([O-])C[C@@H]1S/C(=N\N=C/c2ccco2)N(c2ccccc2)C1=O. The molecule has 1 atom stereocenters. The first-order chi connectivity index (χ1) is 11.6. The molecule has 0 radical (unpaired) electrons. The van der Waals surface area contributed by atoms with Crippen LogP contribution in [-0.4, -0.2) is 28.5 Å². The first-order valence-electron chi connectivity index (χ1n) is 7.05. The van der Waals surface area contributed by atoms with Crippen LogP contribution in [0.15, 0.2) is 63.3 Å². The van der Waals surface area contributed by atoms with E-state index in [9.17, 15) is 14.7 Å². The lowest BCUT2D eigenvalue weighted by Crippen LogP contribution is -2.35. The summed E-state index contributed by atoms with van der Waals surface area (Å²) in [6, 6.07) is 12.3. The number of para-hydroxylation sites is 1. The first-order valence-corrected chi connectivity index (χ1v) is 7.93. The number of thioether (sulfide) groups is 1. The summed E-state index contributed by atoms with van der Waals surface area (Å²) < 4.78 is 5.11. The lowest BCUT2D eigenvalue weighted by molar-refractivity contribution is -0.305. The normalized spacial score (nSPS) is 19.5. The van der Waals surface area contributed by atoms with Crippen LogP contribution in [0.25, 0.3) is 0 Å². The van der Waals surface area contributed by atoms with E-state index in [0.717, 1.165) is 11.8 Å². The Hall–Kier alpha value is -2.87. The molecule has 0 unspecified atom stereocenters. The van der Waals surface area contributed by atoms with Crippen LogP contribution in [0.4, 0.5) is 5.69 Å². The molecule has 8 heteroatoms. The lowest BCUT2D eigenvalue weighted by Gasteiger charge is -2.15. The number of carbonyl (C=O) groups is 2. The van der Waals surface area contributed by atoms with E-state index in [1.54, 1.807) is 36.4 Å². The number of amides is 1. The molecule has 24 heavy (non-hydrogen) atoms. The van der Waals surface area contributed by atoms with Crippen LogP contribution in [0.5, 0.6) is 0 Å². The molecule has 0 N–H and O–H groups in total. The number of benzene rings is 1. The summed E-state index contributed by atoms with van der Waals surface area (Å²) >= 11 is 1.05. The number of hydrogen-bond acceptors (Lipinski definition) is 7. The molecule has 1 aromatic carbocycles. The topological polar surface area (TPSA) is 98.3 Å². The minimum Gasteiger partial charge on any atom is -0.550 e. The van der Waals surface area contributed by atoms with Crippen molar-refractivity contribution in [3.8, 4) is 0 Å². The van der Waals surface area contributed by atoms with E-state index < -0.39 is 11.2 Å². The zero-order valence-corrected chi connectivity index (χ0v) is 13.2. The quantitative estimate of drug-likeness (QED) is 0.602. The Morgan fingerprint density at radius 2 is 2.08 bits per heavy atom. The molecule has 0 aliphatic carbocycles. The molecule has 0 spiro atoms. The summed E-state index contributed by atoms with van der Waals surface area (Å²) in [6.45, 7) is 0. The van der Waals surface area contributed by atoms with E-state index in [1.807, 2.05) is 6.07 Å². The largest absolute Gasteiger partial charge is 0.550 e. The maximum Gasteiger partial charge on any atom is 0.247 e. The summed E-state index contributed by atoms with van der Waals surface area (Å²) in [5.74, 6) is -1.12. The van der Waals surface area contributed by atoms with E-state index >= 15 is 0 Å². The third-order valence-corrected chi connectivity index (χ3v) is 4.30. The van der Waals surface area contributed by atoms with Gasteiger partial charge in [-0.3, -0.25) is 9.69 Å². The van der Waals surface area contributed by atoms with Crippen molar-refractivity contribution in [1.29, 1.82) is 0 Å². The third-order valence-electron chi connectivity index (χ3n) is 3.17. The van der Waals surface area contributed by atoms with E-state index in [1.165, 1.54) is 17.4 Å². The number of nitrogens with zero attached hydrogens (tertiary/aromatic N) is 3. The van der Waals surface area contributed by atoms with Gasteiger partial charge in [0, 0.05) is 12.4 Å². The Balaban J connectivity index is 1.88. The Labute approximate surface area is 141 Å². The Morgan fingerprint density at radius 1 is 1.29 bits per heavy atom. The van der Waals surface area contributed by atoms with Gasteiger partial charge in [0.1, 0.15) is 5.76 Å². The summed E-state index contributed by atoms with van der Waals surface area (Å²) in [5.41, 5.74) is 0.600. The molecule has 1 aliphatic heterocycles. The molecule has 2 heterocycles. The first kappa shape index (κ1) is 16.0. The average Bonchev–Trinajstić information content (AvgIpc) is 3.17.